The molecule has 1 N–H and O–H groups in total. The monoisotopic (exact) mass is 264 g/mol. The van der Waals surface area contributed by atoms with Gasteiger partial charge < -0.3 is 9.73 Å². The average Bonchev–Trinajstić information content (AvgIpc) is 3.01. The number of hydrogen-bond donors (Lipinski definition) is 1. The summed E-state index contributed by atoms with van der Waals surface area (Å²) in [5.41, 5.74) is 0. The number of rotatable bonds is 8. The molecule has 0 radical (unpaired) electrons. The number of furan rings is 1. The van der Waals surface area contributed by atoms with Crippen LogP contribution in [0.15, 0.2) is 40.3 Å². The summed E-state index contributed by atoms with van der Waals surface area (Å²) in [7, 11) is 2.11. The lowest BCUT2D eigenvalue weighted by molar-refractivity contribution is 0.294. The van der Waals surface area contributed by atoms with E-state index in [1.165, 1.54) is 4.88 Å². The predicted octanol–water partition coefficient (Wildman–Crippen LogP) is 2.61. The van der Waals surface area contributed by atoms with Gasteiger partial charge in [-0.25, -0.2) is 0 Å². The van der Waals surface area contributed by atoms with E-state index in [9.17, 15) is 0 Å². The van der Waals surface area contributed by atoms with Crippen LogP contribution in [0.2, 0.25) is 0 Å². The van der Waals surface area contributed by atoms with Gasteiger partial charge in [-0.15, -0.1) is 11.3 Å². The fourth-order valence-corrected chi connectivity index (χ4v) is 2.52. The number of nitrogens with zero attached hydrogens (tertiary/aromatic N) is 1. The Labute approximate surface area is 112 Å². The Hall–Kier alpha value is -1.10. The zero-order valence-corrected chi connectivity index (χ0v) is 11.6. The molecule has 4 heteroatoms. The van der Waals surface area contributed by atoms with Crippen molar-refractivity contribution in [1.29, 1.82) is 0 Å². The van der Waals surface area contributed by atoms with Crippen LogP contribution < -0.4 is 5.32 Å². The lowest BCUT2D eigenvalue weighted by Gasteiger charge is -2.15. The van der Waals surface area contributed by atoms with Gasteiger partial charge in [0.05, 0.1) is 12.8 Å². The zero-order chi connectivity index (χ0) is 12.6. The maximum absolute atomic E-state index is 5.32. The van der Waals surface area contributed by atoms with Crippen molar-refractivity contribution in [2.24, 2.45) is 0 Å². The quantitative estimate of drug-likeness (QED) is 0.743. The average molecular weight is 264 g/mol. The molecule has 2 heterocycles. The first-order valence-corrected chi connectivity index (χ1v) is 7.16. The van der Waals surface area contributed by atoms with E-state index in [1.807, 2.05) is 23.5 Å². The molecular weight excluding hydrogens is 244 g/mol. The minimum atomic E-state index is 0.875. The first-order valence-electron chi connectivity index (χ1n) is 6.28. The highest BCUT2D eigenvalue weighted by Gasteiger charge is 2.01. The van der Waals surface area contributed by atoms with Crippen molar-refractivity contribution >= 4 is 11.3 Å². The maximum atomic E-state index is 5.32. The zero-order valence-electron chi connectivity index (χ0n) is 10.8. The molecule has 0 bridgehead atoms. The first-order chi connectivity index (χ1) is 8.84. The number of hydrogen-bond acceptors (Lipinski definition) is 4. The molecule has 2 rings (SSSR count). The second-order valence-corrected chi connectivity index (χ2v) is 5.43. The molecule has 0 spiro atoms. The van der Waals surface area contributed by atoms with E-state index in [4.69, 9.17) is 4.42 Å². The van der Waals surface area contributed by atoms with Crippen LogP contribution in [0.1, 0.15) is 10.6 Å². The Bertz CT molecular complexity index is 411. The minimum absolute atomic E-state index is 0.875. The lowest BCUT2D eigenvalue weighted by atomic mass is 10.3. The fourth-order valence-electron chi connectivity index (χ4n) is 1.81. The molecule has 0 saturated heterocycles. The molecule has 0 unspecified atom stereocenters. The summed E-state index contributed by atoms with van der Waals surface area (Å²) in [5.74, 6) is 1.02. The van der Waals surface area contributed by atoms with Crippen LogP contribution in [0.4, 0.5) is 0 Å². The molecule has 0 amide bonds. The molecule has 2 aromatic heterocycles. The highest BCUT2D eigenvalue weighted by atomic mass is 32.1. The van der Waals surface area contributed by atoms with Gasteiger partial charge in [-0.2, -0.15) is 0 Å². The summed E-state index contributed by atoms with van der Waals surface area (Å²) in [5, 5.41) is 5.60. The molecule has 0 saturated carbocycles. The minimum Gasteiger partial charge on any atom is -0.468 e. The Kier molecular flexibility index (Phi) is 5.45. The molecule has 0 fully saturated rings. The predicted molar refractivity (Wildman–Crippen MR) is 75.9 cm³/mol. The number of nitrogens with one attached hydrogen (secondary N) is 1. The summed E-state index contributed by atoms with van der Waals surface area (Å²) in [4.78, 5) is 3.71. The Morgan fingerprint density at radius 3 is 2.94 bits per heavy atom. The van der Waals surface area contributed by atoms with Crippen LogP contribution in [0.5, 0.6) is 0 Å². The molecule has 98 valence electrons. The summed E-state index contributed by atoms with van der Waals surface area (Å²) in [6.45, 7) is 3.97. The van der Waals surface area contributed by atoms with Gasteiger partial charge >= 0.3 is 0 Å². The summed E-state index contributed by atoms with van der Waals surface area (Å²) in [6, 6.07) is 8.25. The van der Waals surface area contributed by atoms with Gasteiger partial charge in [0.15, 0.2) is 0 Å². The molecule has 0 atom stereocenters. The molecule has 3 nitrogen and oxygen atoms in total. The van der Waals surface area contributed by atoms with Crippen molar-refractivity contribution < 1.29 is 4.42 Å². The fraction of sp³-hybridized carbons (Fsp3) is 0.429. The van der Waals surface area contributed by atoms with Gasteiger partial charge in [0.1, 0.15) is 5.76 Å². The molecule has 0 aliphatic carbocycles. The van der Waals surface area contributed by atoms with Crippen molar-refractivity contribution in [2.45, 2.75) is 13.0 Å². The highest BCUT2D eigenvalue weighted by molar-refractivity contribution is 7.09. The van der Waals surface area contributed by atoms with Crippen LogP contribution in [-0.2, 0) is 13.0 Å². The van der Waals surface area contributed by atoms with E-state index in [1.54, 1.807) is 6.26 Å². The van der Waals surface area contributed by atoms with Crippen molar-refractivity contribution in [1.82, 2.24) is 10.2 Å². The maximum Gasteiger partial charge on any atom is 0.117 e. The van der Waals surface area contributed by atoms with E-state index in [2.05, 4.69) is 34.8 Å². The standard InChI is InChI=1S/C14H20N2OS/c1-16(12-13-4-2-10-17-13)9-8-15-7-6-14-5-3-11-18-14/h2-5,10-11,15H,6-9,12H2,1H3. The Balaban J connectivity index is 1.52. The van der Waals surface area contributed by atoms with Gasteiger partial charge in [-0.3, -0.25) is 4.90 Å². The molecule has 0 aliphatic rings. The van der Waals surface area contributed by atoms with Gasteiger partial charge in [0.2, 0.25) is 0 Å². The van der Waals surface area contributed by atoms with Gasteiger partial charge in [0, 0.05) is 24.5 Å². The third-order valence-corrected chi connectivity index (χ3v) is 3.74. The van der Waals surface area contributed by atoms with E-state index in [-0.39, 0.29) is 0 Å². The lowest BCUT2D eigenvalue weighted by Crippen LogP contribution is -2.29. The van der Waals surface area contributed by atoms with Gasteiger partial charge in [-0.05, 0) is 37.0 Å². The molecule has 18 heavy (non-hydrogen) atoms. The third kappa shape index (κ3) is 4.64. The topological polar surface area (TPSA) is 28.4 Å². The van der Waals surface area contributed by atoms with Gasteiger partial charge in [-0.1, -0.05) is 6.07 Å². The third-order valence-electron chi connectivity index (χ3n) is 2.80. The molecule has 0 aromatic carbocycles. The summed E-state index contributed by atoms with van der Waals surface area (Å²) in [6.07, 6.45) is 2.85. The SMILES string of the molecule is CN(CCNCCc1cccs1)Cc1ccco1. The van der Waals surface area contributed by atoms with Crippen LogP contribution >= 0.6 is 11.3 Å². The smallest absolute Gasteiger partial charge is 0.117 e. The number of thiophene rings is 1. The second kappa shape index (κ2) is 7.36. The summed E-state index contributed by atoms with van der Waals surface area (Å²) < 4.78 is 5.32. The van der Waals surface area contributed by atoms with E-state index in [0.717, 1.165) is 38.4 Å². The van der Waals surface area contributed by atoms with E-state index < -0.39 is 0 Å². The number of likely N-dealkylation sites (N-methyl/N-ethyl adjacent to an activating group) is 1. The molecular formula is C14H20N2OS. The summed E-state index contributed by atoms with van der Waals surface area (Å²) >= 11 is 1.83. The normalized spacial score (nSPS) is 11.2. The highest BCUT2D eigenvalue weighted by Crippen LogP contribution is 2.08. The largest absolute Gasteiger partial charge is 0.468 e. The first kappa shape index (κ1) is 13.3. The van der Waals surface area contributed by atoms with E-state index >= 15 is 0 Å². The Morgan fingerprint density at radius 1 is 1.28 bits per heavy atom. The molecule has 2 aromatic rings. The Morgan fingerprint density at radius 2 is 2.22 bits per heavy atom. The van der Waals surface area contributed by atoms with Crippen LogP contribution in [0.25, 0.3) is 0 Å². The van der Waals surface area contributed by atoms with Crippen molar-refractivity contribution in [3.63, 3.8) is 0 Å². The second-order valence-electron chi connectivity index (χ2n) is 4.40. The van der Waals surface area contributed by atoms with Crippen LogP contribution in [0, 0.1) is 0 Å². The van der Waals surface area contributed by atoms with Crippen molar-refractivity contribution in [3.05, 3.63) is 46.5 Å². The van der Waals surface area contributed by atoms with Crippen LogP contribution in [0.3, 0.4) is 0 Å². The molecule has 0 aliphatic heterocycles. The van der Waals surface area contributed by atoms with Crippen molar-refractivity contribution in [2.75, 3.05) is 26.7 Å². The van der Waals surface area contributed by atoms with Gasteiger partial charge in [0.25, 0.3) is 0 Å². The van der Waals surface area contributed by atoms with Crippen LogP contribution in [-0.4, -0.2) is 31.6 Å². The van der Waals surface area contributed by atoms with Crippen molar-refractivity contribution in [3.8, 4) is 0 Å². The van der Waals surface area contributed by atoms with E-state index in [0.29, 0.717) is 0 Å².